The molecule has 0 aromatic carbocycles. The number of isocyanates is 1. The van der Waals surface area contributed by atoms with E-state index in [0.717, 1.165) is 6.42 Å². The van der Waals surface area contributed by atoms with E-state index in [1.54, 1.807) is 6.08 Å². The lowest BCUT2D eigenvalue weighted by Gasteiger charge is -2.04. The standard InChI is InChI=1S/C32H63NO/c1-2-3-4-5-6-7-8-9-10-11-12-13-14-15-16-17-18-19-20-21-22-23-24-25-26-27-28-29-30-31-33-32-34/h2-31H2,1H3. The van der Waals surface area contributed by atoms with Crippen molar-refractivity contribution < 1.29 is 4.79 Å². The third kappa shape index (κ3) is 31.4. The largest absolute Gasteiger partial charge is 0.234 e. The van der Waals surface area contributed by atoms with E-state index in [1.165, 1.54) is 180 Å². The molecule has 0 N–H and O–H groups in total. The number of carbonyl (C=O) groups excluding carboxylic acids is 1. The number of hydrogen-bond acceptors (Lipinski definition) is 2. The van der Waals surface area contributed by atoms with Crippen LogP contribution in [-0.4, -0.2) is 12.6 Å². The molecule has 0 fully saturated rings. The van der Waals surface area contributed by atoms with Crippen LogP contribution >= 0.6 is 0 Å². The zero-order valence-corrected chi connectivity index (χ0v) is 23.6. The van der Waals surface area contributed by atoms with Gasteiger partial charge in [-0.3, -0.25) is 0 Å². The molecule has 0 aliphatic carbocycles. The highest BCUT2D eigenvalue weighted by Gasteiger charge is 1.96. The lowest BCUT2D eigenvalue weighted by atomic mass is 10.0. The van der Waals surface area contributed by atoms with Gasteiger partial charge in [0, 0.05) is 0 Å². The molecule has 0 atom stereocenters. The summed E-state index contributed by atoms with van der Waals surface area (Å²) in [5.41, 5.74) is 0. The molecule has 0 saturated heterocycles. The molecule has 0 saturated carbocycles. The predicted octanol–water partition coefficient (Wildman–Crippen LogP) is 11.7. The maximum absolute atomic E-state index is 9.97. The lowest BCUT2D eigenvalue weighted by Crippen LogP contribution is -1.85. The van der Waals surface area contributed by atoms with Crippen LogP contribution in [0.3, 0.4) is 0 Å². The Morgan fingerprint density at radius 1 is 0.353 bits per heavy atom. The Labute approximate surface area is 215 Å². The average Bonchev–Trinajstić information content (AvgIpc) is 2.85. The molecule has 0 bridgehead atoms. The second-order valence-corrected chi connectivity index (χ2v) is 10.9. The highest BCUT2D eigenvalue weighted by Crippen LogP contribution is 2.16. The van der Waals surface area contributed by atoms with Crippen LogP contribution in [0.1, 0.15) is 193 Å². The van der Waals surface area contributed by atoms with E-state index >= 15 is 0 Å². The molecular formula is C32H63NO. The van der Waals surface area contributed by atoms with Crippen molar-refractivity contribution >= 4 is 6.08 Å². The van der Waals surface area contributed by atoms with E-state index in [0.29, 0.717) is 6.54 Å². The molecule has 0 unspecified atom stereocenters. The van der Waals surface area contributed by atoms with Gasteiger partial charge in [0.2, 0.25) is 6.08 Å². The average molecular weight is 478 g/mol. The molecule has 34 heavy (non-hydrogen) atoms. The fourth-order valence-electron chi connectivity index (χ4n) is 5.08. The molecule has 0 aliphatic rings. The highest BCUT2D eigenvalue weighted by molar-refractivity contribution is 5.32. The van der Waals surface area contributed by atoms with Crippen molar-refractivity contribution in [3.63, 3.8) is 0 Å². The molecule has 0 aliphatic heterocycles. The zero-order chi connectivity index (χ0) is 24.6. The summed E-state index contributed by atoms with van der Waals surface area (Å²) in [6, 6.07) is 0. The first-order valence-corrected chi connectivity index (χ1v) is 16.0. The number of unbranched alkanes of at least 4 members (excludes halogenated alkanes) is 28. The predicted molar refractivity (Wildman–Crippen MR) is 153 cm³/mol. The summed E-state index contributed by atoms with van der Waals surface area (Å²) in [4.78, 5) is 13.6. The van der Waals surface area contributed by atoms with Crippen LogP contribution in [0.2, 0.25) is 0 Å². The normalized spacial score (nSPS) is 11.1. The molecule has 2 heteroatoms. The maximum atomic E-state index is 9.97. The van der Waals surface area contributed by atoms with E-state index in [9.17, 15) is 4.79 Å². The minimum absolute atomic E-state index is 0.670. The summed E-state index contributed by atoms with van der Waals surface area (Å²) in [6.07, 6.45) is 43.0. The van der Waals surface area contributed by atoms with Crippen molar-refractivity contribution in [3.8, 4) is 0 Å². The van der Waals surface area contributed by atoms with Crippen LogP contribution in [-0.2, 0) is 4.79 Å². The zero-order valence-electron chi connectivity index (χ0n) is 23.6. The summed E-state index contributed by atoms with van der Waals surface area (Å²) < 4.78 is 0. The van der Waals surface area contributed by atoms with Gasteiger partial charge in [-0.15, -0.1) is 0 Å². The summed E-state index contributed by atoms with van der Waals surface area (Å²) in [7, 11) is 0. The van der Waals surface area contributed by atoms with E-state index in [-0.39, 0.29) is 0 Å². The molecule has 0 spiro atoms. The molecule has 2 nitrogen and oxygen atoms in total. The molecule has 0 amide bonds. The van der Waals surface area contributed by atoms with Gasteiger partial charge >= 0.3 is 0 Å². The Bertz CT molecular complexity index is 402. The van der Waals surface area contributed by atoms with Crippen LogP contribution in [0, 0.1) is 0 Å². The number of nitrogens with zero attached hydrogens (tertiary/aromatic N) is 1. The molecule has 0 radical (unpaired) electrons. The molecule has 0 aromatic rings. The summed E-state index contributed by atoms with van der Waals surface area (Å²) in [5.74, 6) is 0. The van der Waals surface area contributed by atoms with Crippen molar-refractivity contribution in [1.29, 1.82) is 0 Å². The topological polar surface area (TPSA) is 29.4 Å². The van der Waals surface area contributed by atoms with Gasteiger partial charge in [0.05, 0.1) is 6.54 Å². The van der Waals surface area contributed by atoms with Gasteiger partial charge in [-0.25, -0.2) is 9.79 Å². The highest BCUT2D eigenvalue weighted by atomic mass is 16.1. The molecular weight excluding hydrogens is 414 g/mol. The summed E-state index contributed by atoms with van der Waals surface area (Å²) >= 11 is 0. The molecule has 0 rings (SSSR count). The number of hydrogen-bond donors (Lipinski definition) is 0. The SMILES string of the molecule is CCCCCCCCCCCCCCCCCCCCCCCCCCCCCCCN=C=O. The first-order valence-electron chi connectivity index (χ1n) is 16.0. The fraction of sp³-hybridized carbons (Fsp3) is 0.969. The summed E-state index contributed by atoms with van der Waals surface area (Å²) in [5, 5.41) is 0. The van der Waals surface area contributed by atoms with Crippen molar-refractivity contribution in [2.75, 3.05) is 6.54 Å². The van der Waals surface area contributed by atoms with Gasteiger partial charge in [-0.1, -0.05) is 187 Å². The van der Waals surface area contributed by atoms with Crippen LogP contribution in [0.15, 0.2) is 4.99 Å². The van der Waals surface area contributed by atoms with Gasteiger partial charge in [-0.2, -0.15) is 0 Å². The number of aliphatic imine (C=N–C) groups is 1. The van der Waals surface area contributed by atoms with Crippen molar-refractivity contribution in [2.45, 2.75) is 193 Å². The van der Waals surface area contributed by atoms with E-state index < -0.39 is 0 Å². The van der Waals surface area contributed by atoms with Crippen molar-refractivity contribution in [2.24, 2.45) is 4.99 Å². The van der Waals surface area contributed by atoms with Gasteiger partial charge in [0.1, 0.15) is 0 Å². The van der Waals surface area contributed by atoms with Crippen LogP contribution in [0.25, 0.3) is 0 Å². The Morgan fingerprint density at radius 3 is 0.765 bits per heavy atom. The first-order chi connectivity index (χ1) is 16.9. The molecule has 0 aromatic heterocycles. The smallest absolute Gasteiger partial charge is 0.211 e. The minimum atomic E-state index is 0.670. The van der Waals surface area contributed by atoms with Gasteiger partial charge in [0.25, 0.3) is 0 Å². The second kappa shape index (κ2) is 32.4. The minimum Gasteiger partial charge on any atom is -0.211 e. The maximum Gasteiger partial charge on any atom is 0.234 e. The van der Waals surface area contributed by atoms with Gasteiger partial charge in [-0.05, 0) is 6.42 Å². The van der Waals surface area contributed by atoms with Crippen LogP contribution < -0.4 is 0 Å². The first kappa shape index (κ1) is 33.4. The lowest BCUT2D eigenvalue weighted by molar-refractivity contribution is 0.513. The molecule has 0 heterocycles. The quantitative estimate of drug-likeness (QED) is 0.0574. The molecule has 202 valence electrons. The second-order valence-electron chi connectivity index (χ2n) is 10.9. The van der Waals surface area contributed by atoms with E-state index in [4.69, 9.17) is 0 Å². The fourth-order valence-corrected chi connectivity index (χ4v) is 5.08. The number of rotatable bonds is 30. The van der Waals surface area contributed by atoms with Crippen LogP contribution in [0.5, 0.6) is 0 Å². The van der Waals surface area contributed by atoms with Crippen molar-refractivity contribution in [3.05, 3.63) is 0 Å². The third-order valence-electron chi connectivity index (χ3n) is 7.44. The Kier molecular flexibility index (Phi) is 31.8. The summed E-state index contributed by atoms with van der Waals surface area (Å²) in [6.45, 7) is 2.97. The van der Waals surface area contributed by atoms with Gasteiger partial charge < -0.3 is 0 Å². The monoisotopic (exact) mass is 477 g/mol. The van der Waals surface area contributed by atoms with Crippen molar-refractivity contribution in [1.82, 2.24) is 0 Å². The Balaban J connectivity index is 3.01. The van der Waals surface area contributed by atoms with Crippen LogP contribution in [0.4, 0.5) is 0 Å². The Morgan fingerprint density at radius 2 is 0.559 bits per heavy atom. The van der Waals surface area contributed by atoms with E-state index in [1.807, 2.05) is 0 Å². The van der Waals surface area contributed by atoms with Gasteiger partial charge in [0.15, 0.2) is 0 Å². The van der Waals surface area contributed by atoms with E-state index in [2.05, 4.69) is 11.9 Å². The Hall–Kier alpha value is -0.620. The third-order valence-corrected chi connectivity index (χ3v) is 7.44.